The standard InChI is InChI=1S/2C22H30B2N2O7.C16H18B2N2O3.2C11H16BNO4.C8H10BNO2/c25-13-19-15-5-1-7-17(29-11-3-9-27)21(15)23(31-19)33-24-22-16(20(14-26)32-24)6-2-8-18(22)30-12-4-10-28;25-13-19-15-5-1-7-17(21(15)23(28)32-19)30-11-4-12-31-24-22-16(20(14-26)33-24)6-2-8-18(22)29-10-3-9-27;19-9-15-11-5-1-3-7-13(11)17(21-15)23-18-14-8-4-2-6-12(14)16(10-20)22-18;2*13-7-10-8-3-1-4-9(16-6-2-5-14)11(8)12(15)17-10;10-5-8-6-3-1-2-4-7(6)9(11)12-8/h2*1-2,5-8,19-20,27-28H,3-4,9-14,25-26H2;1-8,15-16H,9-10,19-20H2;2*1,3-4,10,14-15H,2,5-7,13H2;1-4,8,11H,5,10H2. The zero-order valence-corrected chi connectivity index (χ0v) is 75.4. The summed E-state index contributed by atoms with van der Waals surface area (Å²) in [6.45, 7) is 6.18. The van der Waals surface area contributed by atoms with Crippen molar-refractivity contribution in [1.29, 1.82) is 0 Å². The van der Waals surface area contributed by atoms with Crippen LogP contribution in [0.4, 0.5) is 0 Å². The highest BCUT2D eigenvalue weighted by atomic mass is 16.7. The Morgan fingerprint density at radius 3 is 0.741 bits per heavy atom. The average molecular weight is 1860 g/mol. The molecular weight excluding hydrogens is 1740 g/mol. The topological polar surface area (TPSA) is 582 Å². The normalized spacial score (nSPS) is 19.6. The monoisotopic (exact) mass is 1860 g/mol. The minimum absolute atomic E-state index is 0.0448. The van der Waals surface area contributed by atoms with E-state index in [1.54, 1.807) is 12.1 Å². The number of rotatable bonds is 39. The number of aliphatic hydroxyl groups excluding tert-OH is 5. The lowest BCUT2D eigenvalue weighted by Gasteiger charge is -2.18. The minimum Gasteiger partial charge on any atom is -0.494 e. The van der Waals surface area contributed by atoms with Gasteiger partial charge in [-0.05, 0) is 103 Å². The fraction of sp³-hybridized carbons (Fsp3) is 0.400. The van der Waals surface area contributed by atoms with Crippen molar-refractivity contribution in [3.05, 3.63) is 232 Å². The van der Waals surface area contributed by atoms with Gasteiger partial charge in [0.25, 0.3) is 0 Å². The summed E-state index contributed by atoms with van der Waals surface area (Å²) in [7, 11) is -6.87. The van der Waals surface area contributed by atoms with Crippen molar-refractivity contribution < 1.29 is 130 Å². The van der Waals surface area contributed by atoms with Gasteiger partial charge in [-0.15, -0.1) is 0 Å². The molecule has 9 aromatic rings. The average Bonchev–Trinajstić information content (AvgIpc) is 1.61. The highest BCUT2D eigenvalue weighted by Crippen LogP contribution is 2.37. The Balaban J connectivity index is 0.000000142. The molecule has 9 atom stereocenters. The van der Waals surface area contributed by atoms with Crippen LogP contribution < -0.4 is 129 Å². The van der Waals surface area contributed by atoms with Crippen LogP contribution in [0, 0.1) is 0 Å². The predicted molar refractivity (Wildman–Crippen MR) is 515 cm³/mol. The number of fused-ring (bicyclic) bond motifs is 9. The first kappa shape index (κ1) is 104. The molecule has 9 aliphatic rings. The SMILES string of the molecule is NCC1OB(O)c2c(OCCCO)cccc21.NCC1OB(O)c2c(OCCCO)cccc21.NCC1OB(O)c2c(OCCCOB3OC(CN)c4cccc(OCCCO)c43)cccc21.NCC1OB(O)c2ccccc21.NCC1OB(OB2OC(CN)c3cccc(OCCCO)c32)c2c(OCCCO)cccc21.NCC1OB(OB2OC(CN)c3ccccc32)c2ccccc21. The molecule has 9 aromatic carbocycles. The molecule has 0 radical (unpaired) electrons. The summed E-state index contributed by atoms with van der Waals surface area (Å²) in [5, 5.41) is 83.9. The summed E-state index contributed by atoms with van der Waals surface area (Å²) in [5.41, 5.74) is 67.5. The lowest BCUT2D eigenvalue weighted by Crippen LogP contribution is -2.45. The molecule has 0 saturated heterocycles. The van der Waals surface area contributed by atoms with Gasteiger partial charge in [0.15, 0.2) is 0 Å². The lowest BCUT2D eigenvalue weighted by atomic mass is 9.70. The summed E-state index contributed by atoms with van der Waals surface area (Å²) in [6, 6.07) is 57.3. The second-order valence-corrected chi connectivity index (χ2v) is 32.2. The van der Waals surface area contributed by atoms with E-state index in [2.05, 4.69) is 0 Å². The number of hydrogen-bond donors (Lipinski definition) is 18. The van der Waals surface area contributed by atoms with E-state index in [4.69, 9.17) is 161 Å². The molecule has 0 amide bonds. The largest absolute Gasteiger partial charge is 0.498 e. The van der Waals surface area contributed by atoms with E-state index in [-0.39, 0.29) is 101 Å². The van der Waals surface area contributed by atoms with Gasteiger partial charge in [0, 0.05) is 170 Å². The molecule has 714 valence electrons. The van der Waals surface area contributed by atoms with Gasteiger partial charge in [0.2, 0.25) is 0 Å². The third-order valence-corrected chi connectivity index (χ3v) is 23.6. The minimum atomic E-state index is -1.04. The molecule has 9 unspecified atom stereocenters. The lowest BCUT2D eigenvalue weighted by molar-refractivity contribution is 0.155. The quantitative estimate of drug-likeness (QED) is 0.0130. The molecule has 45 heteroatoms. The highest BCUT2D eigenvalue weighted by Gasteiger charge is 2.50. The maximum atomic E-state index is 10.2. The first-order valence-electron chi connectivity index (χ1n) is 45.8. The van der Waals surface area contributed by atoms with Gasteiger partial charge in [0.05, 0.1) is 94.6 Å². The van der Waals surface area contributed by atoms with Gasteiger partial charge >= 0.3 is 64.1 Å². The zero-order valence-electron chi connectivity index (χ0n) is 75.4. The van der Waals surface area contributed by atoms with Gasteiger partial charge in [-0.3, -0.25) is 0 Å². The Labute approximate surface area is 788 Å². The highest BCUT2D eigenvalue weighted by molar-refractivity contribution is 6.77. The summed E-state index contributed by atoms with van der Waals surface area (Å²) in [4.78, 5) is 0. The first-order valence-corrected chi connectivity index (χ1v) is 45.8. The van der Waals surface area contributed by atoms with Crippen LogP contribution >= 0.6 is 0 Å². The van der Waals surface area contributed by atoms with E-state index >= 15 is 0 Å². The molecule has 9 heterocycles. The van der Waals surface area contributed by atoms with Crippen LogP contribution in [0.3, 0.4) is 0 Å². The van der Waals surface area contributed by atoms with Crippen molar-refractivity contribution >= 4 is 113 Å². The number of ether oxygens (including phenoxy) is 6. The van der Waals surface area contributed by atoms with Crippen molar-refractivity contribution in [2.45, 2.75) is 93.5 Å². The molecule has 27 N–H and O–H groups in total. The summed E-state index contributed by atoms with van der Waals surface area (Å²) in [5.74, 6) is 3.72. The van der Waals surface area contributed by atoms with E-state index < -0.39 is 64.1 Å². The maximum absolute atomic E-state index is 10.2. The predicted octanol–water partition coefficient (Wildman–Crippen LogP) is -3.66. The van der Waals surface area contributed by atoms with Crippen molar-refractivity contribution in [2.24, 2.45) is 51.6 Å². The van der Waals surface area contributed by atoms with E-state index in [1.165, 1.54) is 0 Å². The molecule has 0 spiro atoms. The molecule has 135 heavy (non-hydrogen) atoms. The molecule has 0 aliphatic carbocycles. The van der Waals surface area contributed by atoms with Crippen LogP contribution in [0.2, 0.25) is 0 Å². The summed E-state index contributed by atoms with van der Waals surface area (Å²) < 4.78 is 105. The van der Waals surface area contributed by atoms with Crippen LogP contribution in [0.25, 0.3) is 0 Å². The Bertz CT molecular complexity index is 5010. The number of nitrogens with two attached hydrogens (primary N) is 9. The van der Waals surface area contributed by atoms with Crippen molar-refractivity contribution in [3.8, 4) is 34.5 Å². The van der Waals surface area contributed by atoms with Gasteiger partial charge in [-0.2, -0.15) is 0 Å². The molecular formula is C90H120B9N9O27. The van der Waals surface area contributed by atoms with Crippen LogP contribution in [0.15, 0.2) is 182 Å². The van der Waals surface area contributed by atoms with Crippen LogP contribution in [-0.4, -0.2) is 248 Å². The fourth-order valence-corrected chi connectivity index (χ4v) is 17.1. The molecule has 18 rings (SSSR count). The number of aliphatic hydroxyl groups is 5. The summed E-state index contributed by atoms with van der Waals surface area (Å²) >= 11 is 0. The van der Waals surface area contributed by atoms with E-state index in [0.29, 0.717) is 181 Å². The van der Waals surface area contributed by atoms with Gasteiger partial charge in [-0.25, -0.2) is 0 Å². The van der Waals surface area contributed by atoms with Crippen LogP contribution in [0.1, 0.15) is 144 Å². The fourth-order valence-electron chi connectivity index (χ4n) is 17.1. The van der Waals surface area contributed by atoms with E-state index in [1.807, 2.05) is 170 Å². The molecule has 9 aliphatic heterocycles. The smallest absolute Gasteiger partial charge is 0.494 e. The van der Waals surface area contributed by atoms with Crippen molar-refractivity contribution in [3.63, 3.8) is 0 Å². The van der Waals surface area contributed by atoms with E-state index in [0.717, 1.165) is 82.8 Å². The van der Waals surface area contributed by atoms with Crippen LogP contribution in [-0.2, 0) is 55.7 Å². The van der Waals surface area contributed by atoms with Gasteiger partial charge < -0.3 is 181 Å². The Kier molecular flexibility index (Phi) is 40.1. The Hall–Kier alpha value is -8.84. The third-order valence-electron chi connectivity index (χ3n) is 23.6. The van der Waals surface area contributed by atoms with Gasteiger partial charge in [0.1, 0.15) is 34.5 Å². The first-order chi connectivity index (χ1) is 66.1. The number of hydrogen-bond acceptors (Lipinski definition) is 36. The molecule has 0 fully saturated rings. The Morgan fingerprint density at radius 2 is 0.430 bits per heavy atom. The molecule has 0 saturated carbocycles. The van der Waals surface area contributed by atoms with Gasteiger partial charge in [-0.1, -0.05) is 146 Å². The second kappa shape index (κ2) is 52.3. The molecule has 0 aromatic heterocycles. The van der Waals surface area contributed by atoms with E-state index in [9.17, 15) is 20.1 Å². The van der Waals surface area contributed by atoms with Crippen LogP contribution in [0.5, 0.6) is 34.5 Å². The Morgan fingerprint density at radius 1 is 0.215 bits per heavy atom. The van der Waals surface area contributed by atoms with Crippen molar-refractivity contribution in [1.82, 2.24) is 0 Å². The zero-order chi connectivity index (χ0) is 95.3. The maximum Gasteiger partial charge on any atom is 0.498 e. The number of benzene rings is 9. The summed E-state index contributed by atoms with van der Waals surface area (Å²) in [6.07, 6.45) is 1.06. The third kappa shape index (κ3) is 25.1. The molecule has 0 bridgehead atoms. The second-order valence-electron chi connectivity index (χ2n) is 32.2. The molecule has 36 nitrogen and oxygen atoms in total. The van der Waals surface area contributed by atoms with Crippen molar-refractivity contribution in [2.75, 3.05) is 138 Å².